The predicted octanol–water partition coefficient (Wildman–Crippen LogP) is 2.68. The Morgan fingerprint density at radius 2 is 2.23 bits per heavy atom. The molecule has 1 aromatic rings. The Kier molecular flexibility index (Phi) is 2.70. The highest BCUT2D eigenvalue weighted by Gasteiger charge is 2.26. The normalized spacial score (nSPS) is 21.6. The predicted molar refractivity (Wildman–Crippen MR) is 58.2 cm³/mol. The van der Waals surface area contributed by atoms with Crippen molar-refractivity contribution in [1.82, 2.24) is 5.32 Å². The molecule has 0 aliphatic carbocycles. The molecule has 1 saturated heterocycles. The highest BCUT2D eigenvalue weighted by Crippen LogP contribution is 2.33. The van der Waals surface area contributed by atoms with Gasteiger partial charge in [0, 0.05) is 4.88 Å². The fraction of sp³-hybridized carbons (Fsp3) is 0.636. The second-order valence-electron chi connectivity index (χ2n) is 4.32. The molecular formula is C11H17NS. The molecule has 1 N–H and O–H groups in total. The standard InChI is InChI=1S/C11H17NS/c1-11(4-6-12-7-5-11)9-10-3-2-8-13-10/h2-3,8,12H,4-7,9H2,1H3. The van der Waals surface area contributed by atoms with Crippen LogP contribution < -0.4 is 5.32 Å². The van der Waals surface area contributed by atoms with E-state index in [0.29, 0.717) is 5.41 Å². The fourth-order valence-electron chi connectivity index (χ4n) is 2.04. The van der Waals surface area contributed by atoms with E-state index in [1.54, 1.807) is 4.88 Å². The Labute approximate surface area is 84.2 Å². The van der Waals surface area contributed by atoms with E-state index in [4.69, 9.17) is 0 Å². The minimum Gasteiger partial charge on any atom is -0.317 e. The molecule has 0 amide bonds. The van der Waals surface area contributed by atoms with Crippen molar-refractivity contribution in [3.8, 4) is 0 Å². The third-order valence-electron chi connectivity index (χ3n) is 2.99. The third kappa shape index (κ3) is 2.32. The molecule has 1 aromatic heterocycles. The van der Waals surface area contributed by atoms with E-state index < -0.39 is 0 Å². The van der Waals surface area contributed by atoms with Crippen LogP contribution in [-0.4, -0.2) is 13.1 Å². The maximum Gasteiger partial charge on any atom is 0.00506 e. The average molecular weight is 195 g/mol. The average Bonchev–Trinajstić information content (AvgIpc) is 2.57. The molecule has 1 fully saturated rings. The van der Waals surface area contributed by atoms with Crippen LogP contribution in [0, 0.1) is 5.41 Å². The Balaban J connectivity index is 1.99. The van der Waals surface area contributed by atoms with Crippen molar-refractivity contribution in [2.24, 2.45) is 5.41 Å². The summed E-state index contributed by atoms with van der Waals surface area (Å²) in [4.78, 5) is 1.55. The molecule has 2 heterocycles. The van der Waals surface area contributed by atoms with Crippen LogP contribution in [0.25, 0.3) is 0 Å². The van der Waals surface area contributed by atoms with Crippen LogP contribution in [0.3, 0.4) is 0 Å². The summed E-state index contributed by atoms with van der Waals surface area (Å²) in [6.07, 6.45) is 3.92. The zero-order valence-corrected chi connectivity index (χ0v) is 8.99. The molecule has 13 heavy (non-hydrogen) atoms. The largest absolute Gasteiger partial charge is 0.317 e. The van der Waals surface area contributed by atoms with E-state index in [0.717, 1.165) is 0 Å². The fourth-order valence-corrected chi connectivity index (χ4v) is 2.96. The second kappa shape index (κ2) is 3.81. The van der Waals surface area contributed by atoms with Crippen LogP contribution in [-0.2, 0) is 6.42 Å². The quantitative estimate of drug-likeness (QED) is 0.765. The second-order valence-corrected chi connectivity index (χ2v) is 5.35. The number of piperidine rings is 1. The lowest BCUT2D eigenvalue weighted by Crippen LogP contribution is -2.35. The van der Waals surface area contributed by atoms with Gasteiger partial charge in [-0.15, -0.1) is 11.3 Å². The maximum absolute atomic E-state index is 3.42. The molecule has 1 aliphatic rings. The van der Waals surface area contributed by atoms with Crippen molar-refractivity contribution in [3.63, 3.8) is 0 Å². The van der Waals surface area contributed by atoms with Crippen molar-refractivity contribution >= 4 is 11.3 Å². The van der Waals surface area contributed by atoms with Gasteiger partial charge in [0.2, 0.25) is 0 Å². The topological polar surface area (TPSA) is 12.0 Å². The first-order valence-corrected chi connectivity index (χ1v) is 5.90. The first kappa shape index (κ1) is 9.22. The van der Waals surface area contributed by atoms with E-state index in [2.05, 4.69) is 29.8 Å². The smallest absolute Gasteiger partial charge is 0.00506 e. The van der Waals surface area contributed by atoms with Gasteiger partial charge in [0.1, 0.15) is 0 Å². The van der Waals surface area contributed by atoms with Crippen LogP contribution >= 0.6 is 11.3 Å². The highest BCUT2D eigenvalue weighted by molar-refractivity contribution is 7.09. The van der Waals surface area contributed by atoms with Crippen molar-refractivity contribution < 1.29 is 0 Å². The molecule has 72 valence electrons. The third-order valence-corrected chi connectivity index (χ3v) is 3.87. The summed E-state index contributed by atoms with van der Waals surface area (Å²) in [6.45, 7) is 4.82. The zero-order valence-electron chi connectivity index (χ0n) is 8.18. The SMILES string of the molecule is CC1(Cc2cccs2)CCNCC1. The van der Waals surface area contributed by atoms with Crippen LogP contribution in [0.4, 0.5) is 0 Å². The minimum atomic E-state index is 0.552. The van der Waals surface area contributed by atoms with Gasteiger partial charge in [-0.05, 0) is 49.2 Å². The lowest BCUT2D eigenvalue weighted by Gasteiger charge is -2.33. The molecule has 1 aliphatic heterocycles. The van der Waals surface area contributed by atoms with Crippen molar-refractivity contribution in [3.05, 3.63) is 22.4 Å². The van der Waals surface area contributed by atoms with Crippen molar-refractivity contribution in [1.29, 1.82) is 0 Å². The summed E-state index contributed by atoms with van der Waals surface area (Å²) in [7, 11) is 0. The molecule has 0 spiro atoms. The summed E-state index contributed by atoms with van der Waals surface area (Å²) in [6, 6.07) is 4.42. The lowest BCUT2D eigenvalue weighted by atomic mass is 9.78. The summed E-state index contributed by atoms with van der Waals surface area (Å²) >= 11 is 1.89. The Hall–Kier alpha value is -0.340. The Morgan fingerprint density at radius 3 is 2.85 bits per heavy atom. The molecule has 0 aromatic carbocycles. The van der Waals surface area contributed by atoms with Crippen LogP contribution in [0.5, 0.6) is 0 Å². The minimum absolute atomic E-state index is 0.552. The number of nitrogens with one attached hydrogen (secondary N) is 1. The van der Waals surface area contributed by atoms with Gasteiger partial charge in [0.05, 0.1) is 0 Å². The molecule has 2 heteroatoms. The van der Waals surface area contributed by atoms with Crippen LogP contribution in [0.15, 0.2) is 17.5 Å². The van der Waals surface area contributed by atoms with E-state index in [-0.39, 0.29) is 0 Å². The number of thiophene rings is 1. The van der Waals surface area contributed by atoms with E-state index in [1.807, 2.05) is 11.3 Å². The molecule has 0 atom stereocenters. The molecule has 2 rings (SSSR count). The first-order chi connectivity index (χ1) is 6.29. The summed E-state index contributed by atoms with van der Waals surface area (Å²) in [5.41, 5.74) is 0.552. The molecule has 0 saturated carbocycles. The van der Waals surface area contributed by atoms with Gasteiger partial charge in [0.15, 0.2) is 0 Å². The summed E-state index contributed by atoms with van der Waals surface area (Å²) in [5, 5.41) is 5.60. The molecule has 0 unspecified atom stereocenters. The van der Waals surface area contributed by atoms with Crippen LogP contribution in [0.2, 0.25) is 0 Å². The monoisotopic (exact) mass is 195 g/mol. The lowest BCUT2D eigenvalue weighted by molar-refractivity contribution is 0.229. The van der Waals surface area contributed by atoms with Gasteiger partial charge in [0.25, 0.3) is 0 Å². The number of rotatable bonds is 2. The molecule has 0 radical (unpaired) electrons. The summed E-state index contributed by atoms with van der Waals surface area (Å²) < 4.78 is 0. The molecular weight excluding hydrogens is 178 g/mol. The number of hydrogen-bond donors (Lipinski definition) is 1. The van der Waals surface area contributed by atoms with Gasteiger partial charge in [-0.25, -0.2) is 0 Å². The summed E-state index contributed by atoms with van der Waals surface area (Å²) in [5.74, 6) is 0. The van der Waals surface area contributed by atoms with Gasteiger partial charge in [-0.3, -0.25) is 0 Å². The zero-order chi connectivity index (χ0) is 9.15. The van der Waals surface area contributed by atoms with E-state index in [9.17, 15) is 0 Å². The van der Waals surface area contributed by atoms with E-state index >= 15 is 0 Å². The highest BCUT2D eigenvalue weighted by atomic mass is 32.1. The van der Waals surface area contributed by atoms with Crippen molar-refractivity contribution in [2.75, 3.05) is 13.1 Å². The van der Waals surface area contributed by atoms with Crippen molar-refractivity contribution in [2.45, 2.75) is 26.2 Å². The van der Waals surface area contributed by atoms with Gasteiger partial charge in [-0.1, -0.05) is 13.0 Å². The first-order valence-electron chi connectivity index (χ1n) is 5.02. The molecule has 0 bridgehead atoms. The van der Waals surface area contributed by atoms with Gasteiger partial charge < -0.3 is 5.32 Å². The maximum atomic E-state index is 3.42. The van der Waals surface area contributed by atoms with Gasteiger partial charge in [-0.2, -0.15) is 0 Å². The molecule has 1 nitrogen and oxygen atoms in total. The van der Waals surface area contributed by atoms with E-state index in [1.165, 1.54) is 32.4 Å². The Bertz CT molecular complexity index is 247. The van der Waals surface area contributed by atoms with Gasteiger partial charge >= 0.3 is 0 Å². The van der Waals surface area contributed by atoms with Crippen LogP contribution in [0.1, 0.15) is 24.6 Å². The Morgan fingerprint density at radius 1 is 1.46 bits per heavy atom. The number of hydrogen-bond acceptors (Lipinski definition) is 2.